The van der Waals surface area contributed by atoms with Crippen molar-refractivity contribution in [1.29, 1.82) is 5.26 Å². The number of fused-ring (bicyclic) bond motifs is 2. The average Bonchev–Trinajstić information content (AvgIpc) is 2.65. The minimum Gasteiger partial charge on any atom is -0.490 e. The largest absolute Gasteiger partial charge is 0.490 e. The lowest BCUT2D eigenvalue weighted by Crippen LogP contribution is -2.60. The number of ether oxygens (including phenoxy) is 2. The normalized spacial score (nSPS) is 22.4. The molecule has 9 heteroatoms. The Morgan fingerprint density at radius 1 is 1.29 bits per heavy atom. The third-order valence-corrected chi connectivity index (χ3v) is 4.87. The van der Waals surface area contributed by atoms with Crippen molar-refractivity contribution in [2.75, 3.05) is 52.4 Å². The van der Waals surface area contributed by atoms with Crippen molar-refractivity contribution < 1.29 is 23.8 Å². The van der Waals surface area contributed by atoms with Gasteiger partial charge in [0, 0.05) is 45.8 Å². The zero-order chi connectivity index (χ0) is 19.9. The number of hydrogen-bond donors (Lipinski definition) is 2. The molecule has 0 radical (unpaired) electrons. The Hall–Kier alpha value is -2.41. The molecular weight excluding hydrogens is 367 g/mol. The van der Waals surface area contributed by atoms with Gasteiger partial charge >= 0.3 is 6.09 Å². The summed E-state index contributed by atoms with van der Waals surface area (Å²) in [4.78, 5) is 15.1. The Morgan fingerprint density at radius 2 is 1.96 bits per heavy atom. The van der Waals surface area contributed by atoms with Gasteiger partial charge in [0.2, 0.25) is 0 Å². The third kappa shape index (κ3) is 5.79. The Balaban J connectivity index is 1.36. The number of halogens is 1. The molecule has 1 amide bonds. The summed E-state index contributed by atoms with van der Waals surface area (Å²) < 4.78 is 25.3. The molecule has 0 saturated carbocycles. The molecule has 0 spiro atoms. The van der Waals surface area contributed by atoms with E-state index in [1.165, 1.54) is 12.1 Å². The maximum absolute atomic E-state index is 13.8. The Kier molecular flexibility index (Phi) is 7.03. The fourth-order valence-corrected chi connectivity index (χ4v) is 3.70. The maximum Gasteiger partial charge on any atom is 0.404 e. The van der Waals surface area contributed by atoms with E-state index in [0.717, 1.165) is 39.1 Å². The highest BCUT2D eigenvalue weighted by Crippen LogP contribution is 2.20. The summed E-state index contributed by atoms with van der Waals surface area (Å²) in [5, 5.41) is 19.8. The quantitative estimate of drug-likeness (QED) is 0.640. The van der Waals surface area contributed by atoms with Crippen LogP contribution in [0.1, 0.15) is 12.0 Å². The van der Waals surface area contributed by atoms with Gasteiger partial charge in [-0.05, 0) is 24.6 Å². The number of carboxylic acid groups (broad SMARTS) is 1. The molecule has 2 fully saturated rings. The van der Waals surface area contributed by atoms with Crippen LogP contribution in [0.15, 0.2) is 18.2 Å². The smallest absolute Gasteiger partial charge is 0.404 e. The highest BCUT2D eigenvalue weighted by Gasteiger charge is 2.34. The standard InChI is InChI=1S/C19H25FN4O4/c20-17-8-14(9-21)2-3-18(17)27-7-1-5-23-10-15-12-24(6-4-22-19(25)26)13-16(11-23)28-15/h2-3,8,15-16,22H,1,4-7,10-13H2,(H,25,26). The number of carbonyl (C=O) groups is 1. The molecule has 8 nitrogen and oxygen atoms in total. The highest BCUT2D eigenvalue weighted by molar-refractivity contribution is 5.64. The van der Waals surface area contributed by atoms with E-state index in [1.54, 1.807) is 6.07 Å². The predicted molar refractivity (Wildman–Crippen MR) is 98.8 cm³/mol. The van der Waals surface area contributed by atoms with Gasteiger partial charge in [-0.25, -0.2) is 9.18 Å². The van der Waals surface area contributed by atoms with Gasteiger partial charge in [-0.2, -0.15) is 5.26 Å². The maximum atomic E-state index is 13.8. The van der Waals surface area contributed by atoms with E-state index in [4.69, 9.17) is 19.8 Å². The van der Waals surface area contributed by atoms with Crippen LogP contribution in [0.5, 0.6) is 5.75 Å². The second kappa shape index (κ2) is 9.68. The fourth-order valence-electron chi connectivity index (χ4n) is 3.70. The number of rotatable bonds is 8. The van der Waals surface area contributed by atoms with E-state index < -0.39 is 11.9 Å². The van der Waals surface area contributed by atoms with Crippen LogP contribution in [-0.2, 0) is 4.74 Å². The highest BCUT2D eigenvalue weighted by atomic mass is 19.1. The molecule has 2 heterocycles. The average molecular weight is 392 g/mol. The summed E-state index contributed by atoms with van der Waals surface area (Å²) in [6.45, 7) is 5.59. The second-order valence-electron chi connectivity index (χ2n) is 7.09. The number of benzene rings is 1. The number of amides is 1. The third-order valence-electron chi connectivity index (χ3n) is 4.87. The van der Waals surface area contributed by atoms with Crippen molar-refractivity contribution in [3.05, 3.63) is 29.6 Å². The molecule has 2 bridgehead atoms. The molecule has 2 N–H and O–H groups in total. The van der Waals surface area contributed by atoms with Crippen LogP contribution in [0, 0.1) is 17.1 Å². The molecule has 152 valence electrons. The lowest BCUT2D eigenvalue weighted by molar-refractivity contribution is -0.138. The van der Waals surface area contributed by atoms with Crippen molar-refractivity contribution in [2.45, 2.75) is 18.6 Å². The van der Waals surface area contributed by atoms with E-state index in [9.17, 15) is 9.18 Å². The minimum atomic E-state index is -0.997. The number of nitrogens with one attached hydrogen (secondary N) is 1. The molecule has 28 heavy (non-hydrogen) atoms. The number of morpholine rings is 2. The second-order valence-corrected chi connectivity index (χ2v) is 7.09. The van der Waals surface area contributed by atoms with E-state index >= 15 is 0 Å². The summed E-state index contributed by atoms with van der Waals surface area (Å²) in [7, 11) is 0. The summed E-state index contributed by atoms with van der Waals surface area (Å²) in [6, 6.07) is 6.10. The lowest BCUT2D eigenvalue weighted by Gasteiger charge is -2.45. The summed E-state index contributed by atoms with van der Waals surface area (Å²) >= 11 is 0. The van der Waals surface area contributed by atoms with Crippen LogP contribution in [0.25, 0.3) is 0 Å². The molecule has 2 unspecified atom stereocenters. The monoisotopic (exact) mass is 392 g/mol. The summed E-state index contributed by atoms with van der Waals surface area (Å²) in [5.41, 5.74) is 0.275. The van der Waals surface area contributed by atoms with Gasteiger partial charge in [0.15, 0.2) is 11.6 Å². The van der Waals surface area contributed by atoms with Gasteiger partial charge in [-0.15, -0.1) is 0 Å². The predicted octanol–water partition coefficient (Wildman–Crippen LogP) is 1.12. The van der Waals surface area contributed by atoms with E-state index in [0.29, 0.717) is 19.7 Å². The van der Waals surface area contributed by atoms with E-state index in [2.05, 4.69) is 15.1 Å². The molecule has 2 aliphatic heterocycles. The molecule has 0 aromatic heterocycles. The van der Waals surface area contributed by atoms with Gasteiger partial charge in [0.25, 0.3) is 0 Å². The minimum absolute atomic E-state index is 0.120. The molecule has 2 atom stereocenters. The van der Waals surface area contributed by atoms with Gasteiger partial charge in [-0.3, -0.25) is 9.80 Å². The topological polar surface area (TPSA) is 98.1 Å². The first-order valence-electron chi connectivity index (χ1n) is 9.43. The Labute approximate surface area is 163 Å². The van der Waals surface area contributed by atoms with Crippen LogP contribution in [0.2, 0.25) is 0 Å². The molecule has 1 aromatic carbocycles. The molecule has 3 rings (SSSR count). The first kappa shape index (κ1) is 20.3. The molecule has 2 aliphatic rings. The first-order valence-corrected chi connectivity index (χ1v) is 9.43. The summed E-state index contributed by atoms with van der Waals surface area (Å²) in [5.74, 6) is -0.346. The van der Waals surface area contributed by atoms with Crippen molar-refractivity contribution in [3.63, 3.8) is 0 Å². The first-order chi connectivity index (χ1) is 13.5. The van der Waals surface area contributed by atoms with Crippen molar-refractivity contribution in [2.24, 2.45) is 0 Å². The SMILES string of the molecule is N#Cc1ccc(OCCCN2CC3CN(CCNC(=O)O)CC(C2)O3)c(F)c1. The van der Waals surface area contributed by atoms with Crippen LogP contribution >= 0.6 is 0 Å². The van der Waals surface area contributed by atoms with Crippen molar-refractivity contribution in [3.8, 4) is 11.8 Å². The number of nitriles is 1. The molecule has 0 aliphatic carbocycles. The number of hydrogen-bond acceptors (Lipinski definition) is 6. The van der Waals surface area contributed by atoms with Crippen LogP contribution in [0.4, 0.5) is 9.18 Å². The van der Waals surface area contributed by atoms with E-state index in [-0.39, 0.29) is 23.5 Å². The lowest BCUT2D eigenvalue weighted by atomic mass is 10.1. The van der Waals surface area contributed by atoms with Crippen molar-refractivity contribution in [1.82, 2.24) is 15.1 Å². The van der Waals surface area contributed by atoms with Gasteiger partial charge in [0.05, 0.1) is 30.4 Å². The Morgan fingerprint density at radius 3 is 2.57 bits per heavy atom. The van der Waals surface area contributed by atoms with Gasteiger partial charge < -0.3 is 19.9 Å². The van der Waals surface area contributed by atoms with E-state index in [1.807, 2.05) is 6.07 Å². The Bertz CT molecular complexity index is 712. The van der Waals surface area contributed by atoms with Gasteiger partial charge in [0.1, 0.15) is 0 Å². The molecule has 2 saturated heterocycles. The molecular formula is C19H25FN4O4. The zero-order valence-corrected chi connectivity index (χ0v) is 15.6. The van der Waals surface area contributed by atoms with Crippen molar-refractivity contribution >= 4 is 6.09 Å². The summed E-state index contributed by atoms with van der Waals surface area (Å²) in [6.07, 6.45) is 0.0108. The zero-order valence-electron chi connectivity index (χ0n) is 15.6. The van der Waals surface area contributed by atoms with Crippen LogP contribution < -0.4 is 10.1 Å². The van der Waals surface area contributed by atoms with Crippen LogP contribution in [0.3, 0.4) is 0 Å². The van der Waals surface area contributed by atoms with Crippen LogP contribution in [-0.4, -0.2) is 85.6 Å². The number of nitrogens with zero attached hydrogens (tertiary/aromatic N) is 3. The fraction of sp³-hybridized carbons (Fsp3) is 0.579. The molecule has 1 aromatic rings. The van der Waals surface area contributed by atoms with Gasteiger partial charge in [-0.1, -0.05) is 0 Å².